The van der Waals surface area contributed by atoms with Crippen LogP contribution in [0.1, 0.15) is 51.0 Å². The van der Waals surface area contributed by atoms with E-state index in [-0.39, 0.29) is 5.41 Å². The molecule has 0 spiro atoms. The van der Waals surface area contributed by atoms with Crippen molar-refractivity contribution in [2.24, 2.45) is 0 Å². The summed E-state index contributed by atoms with van der Waals surface area (Å²) in [7, 11) is 0. The lowest BCUT2D eigenvalue weighted by molar-refractivity contribution is 0.504. The second kappa shape index (κ2) is 4.37. The Morgan fingerprint density at radius 2 is 1.75 bits per heavy atom. The summed E-state index contributed by atoms with van der Waals surface area (Å²) in [6.07, 6.45) is 2.44. The van der Waals surface area contributed by atoms with Gasteiger partial charge in [0.1, 0.15) is 17.3 Å². The fraction of sp³-hybridized carbons (Fsp3) is 0.471. The van der Waals surface area contributed by atoms with Gasteiger partial charge in [-0.1, -0.05) is 50.6 Å². The molecule has 1 aliphatic rings. The van der Waals surface area contributed by atoms with E-state index in [9.17, 15) is 0 Å². The summed E-state index contributed by atoms with van der Waals surface area (Å²) in [6, 6.07) is 9.00. The van der Waals surface area contributed by atoms with E-state index in [0.29, 0.717) is 6.04 Å². The number of nitrogen functional groups attached to an aromatic ring is 1. The minimum absolute atomic E-state index is 0.0135. The predicted molar refractivity (Wildman–Crippen MR) is 83.8 cm³/mol. The highest BCUT2D eigenvalue weighted by Crippen LogP contribution is 2.43. The lowest BCUT2D eigenvalue weighted by Gasteiger charge is -2.20. The van der Waals surface area contributed by atoms with Gasteiger partial charge in [-0.15, -0.1) is 0 Å². The van der Waals surface area contributed by atoms with Crippen LogP contribution in [-0.2, 0) is 5.41 Å². The van der Waals surface area contributed by atoms with E-state index in [4.69, 9.17) is 10.7 Å². The molecule has 0 aliphatic heterocycles. The molecular weight excluding hydrogens is 246 g/mol. The molecule has 106 valence electrons. The number of nitrogens with two attached hydrogens (primary N) is 1. The van der Waals surface area contributed by atoms with Crippen LogP contribution < -0.4 is 5.73 Å². The smallest absolute Gasteiger partial charge is 0.132 e. The number of hydrogen-bond acceptors (Lipinski definition) is 2. The topological polar surface area (TPSA) is 43.8 Å². The number of rotatable bonds is 2. The van der Waals surface area contributed by atoms with E-state index >= 15 is 0 Å². The third-order valence-electron chi connectivity index (χ3n) is 3.86. The fourth-order valence-corrected chi connectivity index (χ4v) is 2.60. The highest BCUT2D eigenvalue weighted by atomic mass is 15.2. The Hall–Kier alpha value is -1.77. The minimum atomic E-state index is 0.0135. The molecule has 0 atom stereocenters. The molecule has 2 N–H and O–H groups in total. The van der Waals surface area contributed by atoms with Gasteiger partial charge >= 0.3 is 0 Å². The number of aromatic nitrogens is 2. The highest BCUT2D eigenvalue weighted by Gasteiger charge is 2.34. The first-order valence-electron chi connectivity index (χ1n) is 7.33. The largest absolute Gasteiger partial charge is 0.383 e. The molecule has 0 bridgehead atoms. The quantitative estimate of drug-likeness (QED) is 0.893. The number of anilines is 1. The Morgan fingerprint density at radius 3 is 2.25 bits per heavy atom. The molecule has 3 nitrogen and oxygen atoms in total. The zero-order chi connectivity index (χ0) is 14.5. The fourth-order valence-electron chi connectivity index (χ4n) is 2.60. The van der Waals surface area contributed by atoms with Crippen LogP contribution in [0.25, 0.3) is 11.3 Å². The standard InChI is InChI=1S/C17H23N3/c1-11-5-7-12(8-6-11)14-15(18)20(13-9-10-13)16(19-14)17(2,3)4/h5-8,13H,9-10,18H2,1-4H3. The van der Waals surface area contributed by atoms with E-state index in [0.717, 1.165) is 22.9 Å². The molecule has 1 saturated carbocycles. The summed E-state index contributed by atoms with van der Waals surface area (Å²) in [4.78, 5) is 4.88. The third-order valence-corrected chi connectivity index (χ3v) is 3.86. The van der Waals surface area contributed by atoms with Crippen LogP contribution in [0, 0.1) is 6.92 Å². The van der Waals surface area contributed by atoms with Crippen molar-refractivity contribution in [1.29, 1.82) is 0 Å². The Kier molecular flexibility index (Phi) is 2.89. The molecule has 1 aliphatic carbocycles. The van der Waals surface area contributed by atoms with Crippen LogP contribution in [-0.4, -0.2) is 9.55 Å². The van der Waals surface area contributed by atoms with Gasteiger partial charge in [0.15, 0.2) is 0 Å². The number of aryl methyl sites for hydroxylation is 1. The number of benzene rings is 1. The molecule has 0 unspecified atom stereocenters. The summed E-state index contributed by atoms with van der Waals surface area (Å²) in [5.41, 5.74) is 9.72. The van der Waals surface area contributed by atoms with E-state index < -0.39 is 0 Å². The van der Waals surface area contributed by atoms with Crippen LogP contribution in [0.15, 0.2) is 24.3 Å². The molecule has 3 heteroatoms. The maximum absolute atomic E-state index is 6.41. The monoisotopic (exact) mass is 269 g/mol. The van der Waals surface area contributed by atoms with Crippen LogP contribution in [0.5, 0.6) is 0 Å². The third kappa shape index (κ3) is 2.21. The number of imidazole rings is 1. The van der Waals surface area contributed by atoms with E-state index in [1.54, 1.807) is 0 Å². The van der Waals surface area contributed by atoms with E-state index in [2.05, 4.69) is 56.5 Å². The average Bonchev–Trinajstić information content (AvgIpc) is 3.13. The summed E-state index contributed by atoms with van der Waals surface area (Å²) >= 11 is 0. The molecule has 1 fully saturated rings. The molecule has 0 saturated heterocycles. The average molecular weight is 269 g/mol. The zero-order valence-corrected chi connectivity index (χ0v) is 12.8. The summed E-state index contributed by atoms with van der Waals surface area (Å²) < 4.78 is 2.26. The Labute approximate surface area is 120 Å². The predicted octanol–water partition coefficient (Wildman–Crippen LogP) is 4.07. The molecular formula is C17H23N3. The van der Waals surface area contributed by atoms with Crippen LogP contribution in [0.4, 0.5) is 5.82 Å². The van der Waals surface area contributed by atoms with Crippen molar-refractivity contribution < 1.29 is 0 Å². The normalized spacial score (nSPS) is 15.6. The summed E-state index contributed by atoms with van der Waals surface area (Å²) in [5, 5.41) is 0. The second-order valence-corrected chi connectivity index (χ2v) is 6.89. The Morgan fingerprint density at radius 1 is 1.15 bits per heavy atom. The van der Waals surface area contributed by atoms with Gasteiger partial charge in [0.05, 0.1) is 0 Å². The van der Waals surface area contributed by atoms with Crippen molar-refractivity contribution in [3.8, 4) is 11.3 Å². The first-order chi connectivity index (χ1) is 9.38. The SMILES string of the molecule is Cc1ccc(-c2nc(C(C)(C)C)n(C3CC3)c2N)cc1. The molecule has 1 heterocycles. The van der Waals surface area contributed by atoms with Crippen molar-refractivity contribution in [2.45, 2.75) is 52.0 Å². The first-order valence-corrected chi connectivity index (χ1v) is 7.33. The van der Waals surface area contributed by atoms with Crippen LogP contribution in [0.3, 0.4) is 0 Å². The van der Waals surface area contributed by atoms with E-state index in [1.807, 2.05) is 0 Å². The minimum Gasteiger partial charge on any atom is -0.383 e. The molecule has 20 heavy (non-hydrogen) atoms. The number of hydrogen-bond donors (Lipinski definition) is 1. The number of nitrogens with zero attached hydrogens (tertiary/aromatic N) is 2. The molecule has 3 rings (SSSR count). The zero-order valence-electron chi connectivity index (χ0n) is 12.8. The Bertz CT molecular complexity index is 625. The van der Waals surface area contributed by atoms with Crippen molar-refractivity contribution in [2.75, 3.05) is 5.73 Å². The maximum Gasteiger partial charge on any atom is 0.132 e. The van der Waals surface area contributed by atoms with Gasteiger partial charge in [0.25, 0.3) is 0 Å². The van der Waals surface area contributed by atoms with Crippen molar-refractivity contribution >= 4 is 5.82 Å². The van der Waals surface area contributed by atoms with Gasteiger partial charge < -0.3 is 10.3 Å². The lowest BCUT2D eigenvalue weighted by Crippen LogP contribution is -2.19. The van der Waals surface area contributed by atoms with Crippen molar-refractivity contribution in [3.63, 3.8) is 0 Å². The van der Waals surface area contributed by atoms with Gasteiger partial charge in [0.2, 0.25) is 0 Å². The van der Waals surface area contributed by atoms with Gasteiger partial charge in [-0.2, -0.15) is 0 Å². The van der Waals surface area contributed by atoms with Gasteiger partial charge in [-0.05, 0) is 19.8 Å². The first kappa shape index (κ1) is 13.2. The molecule has 1 aromatic heterocycles. The van der Waals surface area contributed by atoms with Crippen molar-refractivity contribution in [1.82, 2.24) is 9.55 Å². The molecule has 0 radical (unpaired) electrons. The highest BCUT2D eigenvalue weighted by molar-refractivity contribution is 5.71. The van der Waals surface area contributed by atoms with Gasteiger partial charge in [0, 0.05) is 17.0 Å². The summed E-state index contributed by atoms with van der Waals surface area (Å²) in [6.45, 7) is 8.70. The molecule has 1 aromatic carbocycles. The Balaban J connectivity index is 2.15. The van der Waals surface area contributed by atoms with Crippen LogP contribution in [0.2, 0.25) is 0 Å². The molecule has 2 aromatic rings. The van der Waals surface area contributed by atoms with Crippen LogP contribution >= 0.6 is 0 Å². The van der Waals surface area contributed by atoms with E-state index in [1.165, 1.54) is 18.4 Å². The second-order valence-electron chi connectivity index (χ2n) is 6.89. The molecule has 0 amide bonds. The van der Waals surface area contributed by atoms with Gasteiger partial charge in [-0.25, -0.2) is 4.98 Å². The van der Waals surface area contributed by atoms with Gasteiger partial charge in [-0.3, -0.25) is 0 Å². The lowest BCUT2D eigenvalue weighted by atomic mass is 9.95. The van der Waals surface area contributed by atoms with Crippen molar-refractivity contribution in [3.05, 3.63) is 35.7 Å². The maximum atomic E-state index is 6.41. The summed E-state index contributed by atoms with van der Waals surface area (Å²) in [5.74, 6) is 1.93.